The lowest BCUT2D eigenvalue weighted by Crippen LogP contribution is -2.30. The second-order valence-corrected chi connectivity index (χ2v) is 7.91. The number of aryl methyl sites for hydroxylation is 1. The van der Waals surface area contributed by atoms with Crippen LogP contribution < -0.4 is 21.3 Å². The first-order valence-corrected chi connectivity index (χ1v) is 9.79. The van der Waals surface area contributed by atoms with E-state index in [1.54, 1.807) is 7.11 Å². The molecule has 0 fully saturated rings. The van der Waals surface area contributed by atoms with Crippen LogP contribution in [-0.2, 0) is 18.4 Å². The van der Waals surface area contributed by atoms with Gasteiger partial charge in [-0.15, -0.1) is 0 Å². The van der Waals surface area contributed by atoms with Crippen molar-refractivity contribution in [3.8, 4) is 5.75 Å². The Kier molecular flexibility index (Phi) is 5.82. The topological polar surface area (TPSA) is 111 Å². The number of amides is 1. The van der Waals surface area contributed by atoms with Gasteiger partial charge in [-0.2, -0.15) is 0 Å². The Balaban J connectivity index is 1.94. The monoisotopic (exact) mass is 413 g/mol. The van der Waals surface area contributed by atoms with Crippen molar-refractivity contribution < 1.29 is 9.53 Å². The molecule has 1 amide bonds. The molecule has 0 saturated heterocycles. The molecule has 9 heteroatoms. The van der Waals surface area contributed by atoms with Crippen molar-refractivity contribution in [1.29, 1.82) is 0 Å². The molecule has 0 aliphatic rings. The summed E-state index contributed by atoms with van der Waals surface area (Å²) in [5.41, 5.74) is 1.96. The molecule has 160 valence electrons. The molecule has 1 aromatic carbocycles. The quantitative estimate of drug-likeness (QED) is 0.644. The molecule has 0 radical (unpaired) electrons. The number of hydrogen-bond acceptors (Lipinski definition) is 5. The summed E-state index contributed by atoms with van der Waals surface area (Å²) in [6.07, 6.45) is 1.38. The summed E-state index contributed by atoms with van der Waals surface area (Å²) in [6, 6.07) is 3.83. The maximum Gasteiger partial charge on any atom is 0.329 e. The summed E-state index contributed by atoms with van der Waals surface area (Å²) in [7, 11) is 3.16. The van der Waals surface area contributed by atoms with Crippen molar-refractivity contribution in [2.24, 2.45) is 7.05 Å². The zero-order valence-corrected chi connectivity index (χ0v) is 18.1. The predicted octanol–water partition coefficient (Wildman–Crippen LogP) is 2.32. The van der Waals surface area contributed by atoms with Crippen molar-refractivity contribution in [3.63, 3.8) is 0 Å². The van der Waals surface area contributed by atoms with Gasteiger partial charge in [-0.3, -0.25) is 19.1 Å². The summed E-state index contributed by atoms with van der Waals surface area (Å²) >= 11 is 0. The molecule has 2 N–H and O–H groups in total. The summed E-state index contributed by atoms with van der Waals surface area (Å²) in [5, 5.41) is 2.91. The van der Waals surface area contributed by atoms with Crippen LogP contribution in [0.25, 0.3) is 11.2 Å². The van der Waals surface area contributed by atoms with Gasteiger partial charge >= 0.3 is 5.69 Å². The molecule has 3 rings (SSSR count). The van der Waals surface area contributed by atoms with Gasteiger partial charge in [-0.25, -0.2) is 9.78 Å². The van der Waals surface area contributed by atoms with E-state index in [1.165, 1.54) is 22.5 Å². The molecule has 3 aromatic rings. The fourth-order valence-electron chi connectivity index (χ4n) is 3.50. The highest BCUT2D eigenvalue weighted by atomic mass is 16.5. The van der Waals surface area contributed by atoms with Crippen LogP contribution in [0.2, 0.25) is 0 Å². The largest absolute Gasteiger partial charge is 0.496 e. The number of nitrogens with zero attached hydrogens (tertiary/aromatic N) is 3. The van der Waals surface area contributed by atoms with E-state index in [0.29, 0.717) is 5.69 Å². The Labute approximate surface area is 173 Å². The minimum absolute atomic E-state index is 0.113. The number of H-pyrrole nitrogens is 1. The number of benzene rings is 1. The molecule has 9 nitrogen and oxygen atoms in total. The number of anilines is 1. The third-order valence-electron chi connectivity index (χ3n) is 5.07. The molecule has 0 spiro atoms. The van der Waals surface area contributed by atoms with Gasteiger partial charge in [-0.05, 0) is 35.1 Å². The van der Waals surface area contributed by atoms with Gasteiger partial charge in [0.1, 0.15) is 12.3 Å². The van der Waals surface area contributed by atoms with Crippen LogP contribution in [0.15, 0.2) is 28.0 Å². The van der Waals surface area contributed by atoms with E-state index in [0.717, 1.165) is 16.9 Å². The summed E-state index contributed by atoms with van der Waals surface area (Å²) < 4.78 is 8.30. The number of fused-ring (bicyclic) bond motifs is 1. The first-order valence-electron chi connectivity index (χ1n) is 9.79. The minimum Gasteiger partial charge on any atom is -0.496 e. The molecule has 2 heterocycles. The molecule has 0 aliphatic carbocycles. The number of rotatable bonds is 6. The normalized spacial score (nSPS) is 11.5. The number of imidazole rings is 1. The van der Waals surface area contributed by atoms with Gasteiger partial charge in [0, 0.05) is 12.7 Å². The Hall–Kier alpha value is -3.36. The van der Waals surface area contributed by atoms with Crippen LogP contribution in [-0.4, -0.2) is 32.1 Å². The van der Waals surface area contributed by atoms with Crippen molar-refractivity contribution in [1.82, 2.24) is 19.1 Å². The maximum absolute atomic E-state index is 12.7. The second-order valence-electron chi connectivity index (χ2n) is 7.91. The Morgan fingerprint density at radius 1 is 1.17 bits per heavy atom. The standard InChI is InChI=1S/C21H27N5O4/c1-11(2)14-7-13(8-15(12(3)4)18(14)30-6)23-16(27)9-26-10-22-19-17(26)20(28)24-21(29)25(19)5/h7-8,10-12H,9H2,1-6H3,(H,23,27)(H,24,28,29). The third-order valence-corrected chi connectivity index (χ3v) is 5.07. The Morgan fingerprint density at radius 2 is 1.77 bits per heavy atom. The van der Waals surface area contributed by atoms with E-state index in [9.17, 15) is 14.4 Å². The first kappa shape index (κ1) is 21.4. The fourth-order valence-corrected chi connectivity index (χ4v) is 3.50. The molecular weight excluding hydrogens is 386 g/mol. The van der Waals surface area contributed by atoms with Crippen LogP contribution in [0.3, 0.4) is 0 Å². The van der Waals surface area contributed by atoms with E-state index in [4.69, 9.17) is 4.74 Å². The first-order chi connectivity index (χ1) is 14.1. The number of carbonyl (C=O) groups is 1. The summed E-state index contributed by atoms with van der Waals surface area (Å²) in [5.74, 6) is 0.960. The fraction of sp³-hybridized carbons (Fsp3) is 0.429. The smallest absolute Gasteiger partial charge is 0.329 e. The van der Waals surface area contributed by atoms with Crippen LogP contribution in [0.5, 0.6) is 5.75 Å². The van der Waals surface area contributed by atoms with Gasteiger partial charge in [0.15, 0.2) is 11.2 Å². The third kappa shape index (κ3) is 3.87. The van der Waals surface area contributed by atoms with E-state index in [-0.39, 0.29) is 35.5 Å². The van der Waals surface area contributed by atoms with Crippen molar-refractivity contribution in [2.45, 2.75) is 46.1 Å². The predicted molar refractivity (Wildman–Crippen MR) is 115 cm³/mol. The van der Waals surface area contributed by atoms with Gasteiger partial charge in [-0.1, -0.05) is 27.7 Å². The number of aromatic nitrogens is 4. The van der Waals surface area contributed by atoms with E-state index in [2.05, 4.69) is 43.0 Å². The van der Waals surface area contributed by atoms with Gasteiger partial charge < -0.3 is 14.6 Å². The number of methoxy groups -OCH3 is 1. The molecule has 0 aliphatic heterocycles. The van der Waals surface area contributed by atoms with E-state index >= 15 is 0 Å². The maximum atomic E-state index is 12.7. The highest BCUT2D eigenvalue weighted by Gasteiger charge is 2.18. The number of carbonyl (C=O) groups excluding carboxylic acids is 1. The van der Waals surface area contributed by atoms with E-state index < -0.39 is 11.2 Å². The molecule has 0 atom stereocenters. The zero-order chi connectivity index (χ0) is 22.2. The van der Waals surface area contributed by atoms with Gasteiger partial charge in [0.25, 0.3) is 5.56 Å². The lowest BCUT2D eigenvalue weighted by atomic mass is 9.93. The molecule has 2 aromatic heterocycles. The van der Waals surface area contributed by atoms with Gasteiger partial charge in [0.05, 0.1) is 13.4 Å². The Bertz CT molecular complexity index is 1190. The number of aromatic amines is 1. The molecule has 0 bridgehead atoms. The zero-order valence-electron chi connectivity index (χ0n) is 18.1. The number of nitrogens with one attached hydrogen (secondary N) is 2. The van der Waals surface area contributed by atoms with Crippen LogP contribution in [0.4, 0.5) is 5.69 Å². The number of ether oxygens (including phenoxy) is 1. The molecule has 0 unspecified atom stereocenters. The highest BCUT2D eigenvalue weighted by Crippen LogP contribution is 2.37. The lowest BCUT2D eigenvalue weighted by Gasteiger charge is -2.20. The average Bonchev–Trinajstić information content (AvgIpc) is 3.09. The minimum atomic E-state index is -0.577. The second kappa shape index (κ2) is 8.17. The van der Waals surface area contributed by atoms with Crippen LogP contribution >= 0.6 is 0 Å². The molecular formula is C21H27N5O4. The number of hydrogen-bond donors (Lipinski definition) is 2. The van der Waals surface area contributed by atoms with Crippen molar-refractivity contribution in [3.05, 3.63) is 50.4 Å². The molecule has 30 heavy (non-hydrogen) atoms. The van der Waals surface area contributed by atoms with Crippen LogP contribution in [0.1, 0.15) is 50.7 Å². The SMILES string of the molecule is COc1c(C(C)C)cc(NC(=O)Cn2cnc3c2c(=O)[nH]c(=O)n3C)cc1C(C)C. The highest BCUT2D eigenvalue weighted by molar-refractivity contribution is 5.91. The van der Waals surface area contributed by atoms with Gasteiger partial charge in [0.2, 0.25) is 5.91 Å². The van der Waals surface area contributed by atoms with Crippen molar-refractivity contribution >= 4 is 22.8 Å². The van der Waals surface area contributed by atoms with Crippen molar-refractivity contribution in [2.75, 3.05) is 12.4 Å². The molecule has 0 saturated carbocycles. The van der Waals surface area contributed by atoms with E-state index in [1.807, 2.05) is 12.1 Å². The summed E-state index contributed by atoms with van der Waals surface area (Å²) in [6.45, 7) is 8.17. The average molecular weight is 413 g/mol. The van der Waals surface area contributed by atoms with Crippen LogP contribution in [0, 0.1) is 0 Å². The lowest BCUT2D eigenvalue weighted by molar-refractivity contribution is -0.116. The summed E-state index contributed by atoms with van der Waals surface area (Å²) in [4.78, 5) is 43.0. The Morgan fingerprint density at radius 3 is 2.30 bits per heavy atom.